The minimum absolute atomic E-state index is 0.297. The zero-order chi connectivity index (χ0) is 10.4. The van der Waals surface area contributed by atoms with E-state index in [0.717, 1.165) is 0 Å². The summed E-state index contributed by atoms with van der Waals surface area (Å²) >= 11 is 0. The first-order chi connectivity index (χ1) is 6.02. The summed E-state index contributed by atoms with van der Waals surface area (Å²) in [5.41, 5.74) is 0. The molecule has 0 fully saturated rings. The minimum Gasteiger partial charge on any atom is -0.394 e. The van der Waals surface area contributed by atoms with E-state index in [1.165, 1.54) is 6.92 Å². The molecular formula is C7H13NO5. The molecule has 13 heavy (non-hydrogen) atoms. The first-order valence-electron chi connectivity index (χ1n) is 3.72. The Kier molecular flexibility index (Phi) is 5.20. The summed E-state index contributed by atoms with van der Waals surface area (Å²) < 4.78 is 0. The molecule has 0 spiro atoms. The van der Waals surface area contributed by atoms with Crippen molar-refractivity contribution < 1.29 is 24.9 Å². The standard InChI is InChI=1S/C7H13NO5/c1-4(11)8-5(2-9)7(13)6(12)3-10/h2,5-7,10,12-13H,3H2,1H3,(H,8,11)/t5-,6+,7+/m1/s1. The normalized spacial score (nSPS) is 17.2. The maximum atomic E-state index is 10.5. The Balaban J connectivity index is 4.21. The lowest BCUT2D eigenvalue weighted by molar-refractivity contribution is -0.126. The number of carbonyl (C=O) groups is 2. The molecule has 4 N–H and O–H groups in total. The van der Waals surface area contributed by atoms with E-state index in [0.29, 0.717) is 6.29 Å². The molecular weight excluding hydrogens is 178 g/mol. The SMILES string of the molecule is CC(=O)N[C@H](C=O)[C@H](O)[C@@H](O)CO. The summed E-state index contributed by atoms with van der Waals surface area (Å²) in [5.74, 6) is -0.499. The van der Waals surface area contributed by atoms with Gasteiger partial charge in [0.25, 0.3) is 0 Å². The lowest BCUT2D eigenvalue weighted by Gasteiger charge is -2.21. The smallest absolute Gasteiger partial charge is 0.217 e. The predicted octanol–water partition coefficient (Wildman–Crippen LogP) is -2.60. The molecule has 0 rings (SSSR count). The second-order valence-electron chi connectivity index (χ2n) is 2.60. The molecule has 76 valence electrons. The second-order valence-corrected chi connectivity index (χ2v) is 2.60. The lowest BCUT2D eigenvalue weighted by atomic mass is 10.1. The molecule has 6 nitrogen and oxygen atoms in total. The Morgan fingerprint density at radius 2 is 2.08 bits per heavy atom. The number of carbonyl (C=O) groups excluding carboxylic acids is 2. The Labute approximate surface area is 75.2 Å². The van der Waals surface area contributed by atoms with E-state index >= 15 is 0 Å². The van der Waals surface area contributed by atoms with Crippen molar-refractivity contribution >= 4 is 12.2 Å². The minimum atomic E-state index is -1.49. The van der Waals surface area contributed by atoms with Crippen LogP contribution in [0, 0.1) is 0 Å². The van der Waals surface area contributed by atoms with E-state index in [2.05, 4.69) is 5.32 Å². The van der Waals surface area contributed by atoms with Crippen LogP contribution in [0.15, 0.2) is 0 Å². The molecule has 1 amide bonds. The first kappa shape index (κ1) is 12.0. The number of hydrogen-bond acceptors (Lipinski definition) is 5. The van der Waals surface area contributed by atoms with Gasteiger partial charge in [-0.05, 0) is 0 Å². The first-order valence-corrected chi connectivity index (χ1v) is 3.72. The van der Waals surface area contributed by atoms with Crippen LogP contribution in [-0.2, 0) is 9.59 Å². The molecule has 0 saturated heterocycles. The van der Waals surface area contributed by atoms with Crippen molar-refractivity contribution in [2.75, 3.05) is 6.61 Å². The van der Waals surface area contributed by atoms with Crippen LogP contribution in [0.2, 0.25) is 0 Å². The van der Waals surface area contributed by atoms with Crippen molar-refractivity contribution in [3.63, 3.8) is 0 Å². The average Bonchev–Trinajstić information content (AvgIpc) is 2.11. The van der Waals surface area contributed by atoms with Crippen LogP contribution in [0.25, 0.3) is 0 Å². The van der Waals surface area contributed by atoms with Gasteiger partial charge in [0.2, 0.25) is 5.91 Å². The molecule has 0 aliphatic carbocycles. The van der Waals surface area contributed by atoms with Gasteiger partial charge in [0.15, 0.2) is 0 Å². The molecule has 0 radical (unpaired) electrons. The summed E-state index contributed by atoms with van der Waals surface area (Å²) in [7, 11) is 0. The second kappa shape index (κ2) is 5.63. The van der Waals surface area contributed by atoms with Gasteiger partial charge >= 0.3 is 0 Å². The maximum Gasteiger partial charge on any atom is 0.217 e. The number of rotatable bonds is 5. The van der Waals surface area contributed by atoms with E-state index in [1.807, 2.05) is 0 Å². The van der Waals surface area contributed by atoms with Crippen molar-refractivity contribution in [2.24, 2.45) is 0 Å². The third-order valence-electron chi connectivity index (χ3n) is 1.47. The van der Waals surface area contributed by atoms with Gasteiger partial charge in [-0.2, -0.15) is 0 Å². The van der Waals surface area contributed by atoms with E-state index in [-0.39, 0.29) is 0 Å². The van der Waals surface area contributed by atoms with Crippen molar-refractivity contribution in [1.29, 1.82) is 0 Å². The predicted molar refractivity (Wildman–Crippen MR) is 42.8 cm³/mol. The van der Waals surface area contributed by atoms with Gasteiger partial charge < -0.3 is 25.4 Å². The average molecular weight is 191 g/mol. The van der Waals surface area contributed by atoms with Crippen LogP contribution in [0.3, 0.4) is 0 Å². The molecule has 0 heterocycles. The van der Waals surface area contributed by atoms with Crippen molar-refractivity contribution in [3.05, 3.63) is 0 Å². The fraction of sp³-hybridized carbons (Fsp3) is 0.714. The molecule has 0 aromatic rings. The molecule has 0 saturated carbocycles. The summed E-state index contributed by atoms with van der Waals surface area (Å²) in [6.45, 7) is 0.500. The number of aldehydes is 1. The van der Waals surface area contributed by atoms with Gasteiger partial charge in [-0.25, -0.2) is 0 Å². The topological polar surface area (TPSA) is 107 Å². The largest absolute Gasteiger partial charge is 0.394 e. The summed E-state index contributed by atoms with van der Waals surface area (Å²) in [6, 6.07) is -1.19. The summed E-state index contributed by atoms with van der Waals surface area (Å²) in [5, 5.41) is 28.7. The Bertz CT molecular complexity index is 184. The Morgan fingerprint density at radius 3 is 2.38 bits per heavy atom. The van der Waals surface area contributed by atoms with Gasteiger partial charge in [-0.15, -0.1) is 0 Å². The number of aliphatic hydroxyl groups excluding tert-OH is 3. The fourth-order valence-corrected chi connectivity index (χ4v) is 0.782. The fourth-order valence-electron chi connectivity index (χ4n) is 0.782. The van der Waals surface area contributed by atoms with E-state index < -0.39 is 30.8 Å². The molecule has 0 aliphatic heterocycles. The van der Waals surface area contributed by atoms with Crippen LogP contribution in [0.5, 0.6) is 0 Å². The van der Waals surface area contributed by atoms with E-state index in [1.54, 1.807) is 0 Å². The summed E-state index contributed by atoms with van der Waals surface area (Å²) in [4.78, 5) is 20.8. The molecule has 0 unspecified atom stereocenters. The van der Waals surface area contributed by atoms with Crippen molar-refractivity contribution in [3.8, 4) is 0 Å². The number of hydrogen-bond donors (Lipinski definition) is 4. The Hall–Kier alpha value is -0.980. The summed E-state index contributed by atoms with van der Waals surface area (Å²) in [6.07, 6.45) is -2.64. The number of amides is 1. The highest BCUT2D eigenvalue weighted by molar-refractivity contribution is 5.77. The van der Waals surface area contributed by atoms with Gasteiger partial charge in [-0.3, -0.25) is 4.79 Å². The molecule has 6 heteroatoms. The Morgan fingerprint density at radius 1 is 1.54 bits per heavy atom. The van der Waals surface area contributed by atoms with Gasteiger partial charge in [0, 0.05) is 6.92 Å². The lowest BCUT2D eigenvalue weighted by Crippen LogP contribution is -2.49. The van der Waals surface area contributed by atoms with E-state index in [4.69, 9.17) is 10.2 Å². The highest BCUT2D eigenvalue weighted by Gasteiger charge is 2.25. The van der Waals surface area contributed by atoms with Crippen LogP contribution in [0.1, 0.15) is 6.92 Å². The van der Waals surface area contributed by atoms with Gasteiger partial charge in [-0.1, -0.05) is 0 Å². The molecule has 0 aliphatic rings. The molecule has 0 bridgehead atoms. The quantitative estimate of drug-likeness (QED) is 0.357. The molecule has 0 aromatic carbocycles. The van der Waals surface area contributed by atoms with Gasteiger partial charge in [0.05, 0.1) is 6.61 Å². The molecule has 3 atom stereocenters. The van der Waals surface area contributed by atoms with E-state index in [9.17, 15) is 14.7 Å². The molecule has 0 aromatic heterocycles. The van der Waals surface area contributed by atoms with Crippen molar-refractivity contribution in [1.82, 2.24) is 5.32 Å². The zero-order valence-corrected chi connectivity index (χ0v) is 7.17. The van der Waals surface area contributed by atoms with Crippen LogP contribution >= 0.6 is 0 Å². The number of aliphatic hydroxyl groups is 3. The van der Waals surface area contributed by atoms with Gasteiger partial charge in [0.1, 0.15) is 24.5 Å². The van der Waals surface area contributed by atoms with Crippen LogP contribution < -0.4 is 5.32 Å². The zero-order valence-electron chi connectivity index (χ0n) is 7.17. The monoisotopic (exact) mass is 191 g/mol. The highest BCUT2D eigenvalue weighted by atomic mass is 16.4. The van der Waals surface area contributed by atoms with Crippen molar-refractivity contribution in [2.45, 2.75) is 25.2 Å². The highest BCUT2D eigenvalue weighted by Crippen LogP contribution is 1.97. The number of nitrogens with one attached hydrogen (secondary N) is 1. The third kappa shape index (κ3) is 3.97. The van der Waals surface area contributed by atoms with Crippen LogP contribution in [0.4, 0.5) is 0 Å². The maximum absolute atomic E-state index is 10.5. The van der Waals surface area contributed by atoms with Crippen LogP contribution in [-0.4, -0.2) is 52.4 Å². The third-order valence-corrected chi connectivity index (χ3v) is 1.47.